The number of hydrogen-bond acceptors (Lipinski definition) is 4. The van der Waals surface area contributed by atoms with Crippen LogP contribution < -0.4 is 20.7 Å². The maximum atomic E-state index is 11.2. The van der Waals surface area contributed by atoms with E-state index in [-0.39, 0.29) is 12.5 Å². The van der Waals surface area contributed by atoms with Crippen LogP contribution >= 0.6 is 0 Å². The third kappa shape index (κ3) is 2.19. The Kier molecular flexibility index (Phi) is 2.60. The number of benzene rings is 1. The van der Waals surface area contributed by atoms with Crippen molar-refractivity contribution in [1.29, 1.82) is 0 Å². The zero-order valence-electron chi connectivity index (χ0n) is 9.45. The van der Waals surface area contributed by atoms with E-state index in [0.717, 1.165) is 36.8 Å². The van der Waals surface area contributed by atoms with Crippen molar-refractivity contribution in [3.8, 4) is 5.75 Å². The molecule has 5 nitrogen and oxygen atoms in total. The highest BCUT2D eigenvalue weighted by atomic mass is 16.5. The lowest BCUT2D eigenvalue weighted by Crippen LogP contribution is -2.45. The van der Waals surface area contributed by atoms with E-state index >= 15 is 0 Å². The molecule has 90 valence electrons. The number of ether oxygens (including phenoxy) is 1. The van der Waals surface area contributed by atoms with Crippen LogP contribution in [0.1, 0.15) is 0 Å². The fraction of sp³-hybridized carbons (Fsp3) is 0.417. The maximum Gasteiger partial charge on any atom is 0.262 e. The minimum atomic E-state index is -0.0992. The summed E-state index contributed by atoms with van der Waals surface area (Å²) >= 11 is 0. The Labute approximate surface area is 99.5 Å². The molecule has 2 aliphatic rings. The first kappa shape index (κ1) is 10.4. The minimum absolute atomic E-state index is 0.0992. The van der Waals surface area contributed by atoms with E-state index in [9.17, 15) is 4.79 Å². The van der Waals surface area contributed by atoms with E-state index < -0.39 is 0 Å². The van der Waals surface area contributed by atoms with Gasteiger partial charge in [0.15, 0.2) is 6.61 Å². The molecule has 1 aromatic rings. The number of anilines is 2. The van der Waals surface area contributed by atoms with Crippen molar-refractivity contribution >= 4 is 17.3 Å². The second-order valence-electron chi connectivity index (χ2n) is 4.45. The van der Waals surface area contributed by atoms with Gasteiger partial charge in [0, 0.05) is 31.2 Å². The standard InChI is InChI=1S/C12H15N3O2/c16-12-7-17-11-2-1-9(3-10(11)15-12)14-6-8-4-13-5-8/h1-3,8,13-14H,4-7H2,(H,15,16). The Morgan fingerprint density at radius 2 is 2.29 bits per heavy atom. The number of carbonyl (C=O) groups is 1. The summed E-state index contributed by atoms with van der Waals surface area (Å²) in [5.74, 6) is 1.34. The molecule has 2 heterocycles. The van der Waals surface area contributed by atoms with Crippen LogP contribution in [0, 0.1) is 5.92 Å². The van der Waals surface area contributed by atoms with Crippen molar-refractivity contribution in [2.24, 2.45) is 5.92 Å². The smallest absolute Gasteiger partial charge is 0.262 e. The van der Waals surface area contributed by atoms with Gasteiger partial charge < -0.3 is 20.7 Å². The molecule has 0 aliphatic carbocycles. The molecule has 0 bridgehead atoms. The number of rotatable bonds is 3. The molecule has 1 fully saturated rings. The third-order valence-corrected chi connectivity index (χ3v) is 3.07. The molecular formula is C12H15N3O2. The van der Waals surface area contributed by atoms with Gasteiger partial charge in [-0.3, -0.25) is 4.79 Å². The Hall–Kier alpha value is -1.75. The molecule has 1 aromatic carbocycles. The van der Waals surface area contributed by atoms with E-state index in [0.29, 0.717) is 5.92 Å². The van der Waals surface area contributed by atoms with Crippen molar-refractivity contribution in [3.05, 3.63) is 18.2 Å². The largest absolute Gasteiger partial charge is 0.482 e. The highest BCUT2D eigenvalue weighted by Crippen LogP contribution is 2.30. The number of carbonyl (C=O) groups excluding carboxylic acids is 1. The van der Waals surface area contributed by atoms with Crippen molar-refractivity contribution in [1.82, 2.24) is 5.32 Å². The Balaban J connectivity index is 1.68. The molecule has 5 heteroatoms. The predicted molar refractivity (Wildman–Crippen MR) is 65.4 cm³/mol. The fourth-order valence-electron chi connectivity index (χ4n) is 1.95. The van der Waals surface area contributed by atoms with Crippen molar-refractivity contribution in [3.63, 3.8) is 0 Å². The summed E-state index contributed by atoms with van der Waals surface area (Å²) in [5, 5.41) is 9.40. The second kappa shape index (κ2) is 4.25. The van der Waals surface area contributed by atoms with E-state index in [1.807, 2.05) is 18.2 Å². The molecule has 0 unspecified atom stereocenters. The monoisotopic (exact) mass is 233 g/mol. The van der Waals surface area contributed by atoms with Crippen molar-refractivity contribution < 1.29 is 9.53 Å². The lowest BCUT2D eigenvalue weighted by molar-refractivity contribution is -0.118. The van der Waals surface area contributed by atoms with Crippen LogP contribution in [-0.2, 0) is 4.79 Å². The summed E-state index contributed by atoms with van der Waals surface area (Å²) in [6.07, 6.45) is 0. The first-order valence-electron chi connectivity index (χ1n) is 5.82. The van der Waals surface area contributed by atoms with Crippen LogP contribution in [0.5, 0.6) is 5.75 Å². The maximum absolute atomic E-state index is 11.2. The topological polar surface area (TPSA) is 62.4 Å². The normalized spacial score (nSPS) is 18.7. The molecular weight excluding hydrogens is 218 g/mol. The summed E-state index contributed by atoms with van der Waals surface area (Å²) in [7, 11) is 0. The van der Waals surface area contributed by atoms with Gasteiger partial charge in [-0.05, 0) is 18.2 Å². The first-order chi connectivity index (χ1) is 8.31. The molecule has 17 heavy (non-hydrogen) atoms. The van der Waals surface area contributed by atoms with E-state index in [1.165, 1.54) is 0 Å². The first-order valence-corrected chi connectivity index (χ1v) is 5.82. The Morgan fingerprint density at radius 1 is 1.41 bits per heavy atom. The molecule has 0 radical (unpaired) electrons. The molecule has 3 N–H and O–H groups in total. The van der Waals surface area contributed by atoms with Crippen LogP contribution in [-0.4, -0.2) is 32.1 Å². The minimum Gasteiger partial charge on any atom is -0.482 e. The van der Waals surface area contributed by atoms with Crippen LogP contribution in [0.25, 0.3) is 0 Å². The average Bonchev–Trinajstić information content (AvgIpc) is 2.26. The van der Waals surface area contributed by atoms with Gasteiger partial charge in [0.25, 0.3) is 5.91 Å². The Bertz CT molecular complexity index is 443. The molecule has 0 atom stereocenters. The summed E-state index contributed by atoms with van der Waals surface area (Å²) in [6.45, 7) is 3.23. The lowest BCUT2D eigenvalue weighted by Gasteiger charge is -2.27. The van der Waals surface area contributed by atoms with Gasteiger partial charge in [-0.1, -0.05) is 0 Å². The van der Waals surface area contributed by atoms with Crippen molar-refractivity contribution in [2.45, 2.75) is 0 Å². The van der Waals surface area contributed by atoms with Gasteiger partial charge in [0.1, 0.15) is 5.75 Å². The summed E-state index contributed by atoms with van der Waals surface area (Å²) in [4.78, 5) is 11.2. The number of amides is 1. The summed E-state index contributed by atoms with van der Waals surface area (Å²) < 4.78 is 5.30. The van der Waals surface area contributed by atoms with E-state index in [2.05, 4.69) is 16.0 Å². The lowest BCUT2D eigenvalue weighted by atomic mass is 10.0. The average molecular weight is 233 g/mol. The molecule has 1 saturated heterocycles. The van der Waals surface area contributed by atoms with Crippen LogP contribution in [0.2, 0.25) is 0 Å². The van der Waals surface area contributed by atoms with Gasteiger partial charge in [-0.15, -0.1) is 0 Å². The Morgan fingerprint density at radius 3 is 3.06 bits per heavy atom. The number of fused-ring (bicyclic) bond motifs is 1. The van der Waals surface area contributed by atoms with Gasteiger partial charge >= 0.3 is 0 Å². The fourth-order valence-corrected chi connectivity index (χ4v) is 1.95. The van der Waals surface area contributed by atoms with E-state index in [1.54, 1.807) is 0 Å². The van der Waals surface area contributed by atoms with E-state index in [4.69, 9.17) is 4.74 Å². The highest BCUT2D eigenvalue weighted by molar-refractivity contribution is 5.95. The molecule has 2 aliphatic heterocycles. The zero-order valence-corrected chi connectivity index (χ0v) is 9.45. The quantitative estimate of drug-likeness (QED) is 0.717. The van der Waals surface area contributed by atoms with Gasteiger partial charge in [-0.25, -0.2) is 0 Å². The molecule has 3 rings (SSSR count). The third-order valence-electron chi connectivity index (χ3n) is 3.07. The number of hydrogen-bond donors (Lipinski definition) is 3. The van der Waals surface area contributed by atoms with Gasteiger partial charge in [-0.2, -0.15) is 0 Å². The summed E-state index contributed by atoms with van der Waals surface area (Å²) in [5.41, 5.74) is 1.76. The predicted octanol–water partition coefficient (Wildman–Crippen LogP) is 0.649. The number of nitrogens with one attached hydrogen (secondary N) is 3. The molecule has 0 saturated carbocycles. The SMILES string of the molecule is O=C1COc2ccc(NCC3CNC3)cc2N1. The molecule has 1 amide bonds. The van der Waals surface area contributed by atoms with Crippen LogP contribution in [0.3, 0.4) is 0 Å². The van der Waals surface area contributed by atoms with Gasteiger partial charge in [0.2, 0.25) is 0 Å². The van der Waals surface area contributed by atoms with Crippen LogP contribution in [0.15, 0.2) is 18.2 Å². The molecule has 0 aromatic heterocycles. The zero-order chi connectivity index (χ0) is 11.7. The summed E-state index contributed by atoms with van der Waals surface area (Å²) in [6, 6.07) is 5.77. The van der Waals surface area contributed by atoms with Gasteiger partial charge in [0.05, 0.1) is 5.69 Å². The molecule has 0 spiro atoms. The highest BCUT2D eigenvalue weighted by Gasteiger charge is 2.18. The second-order valence-corrected chi connectivity index (χ2v) is 4.45. The van der Waals surface area contributed by atoms with Crippen molar-refractivity contribution in [2.75, 3.05) is 36.9 Å². The van der Waals surface area contributed by atoms with Crippen LogP contribution in [0.4, 0.5) is 11.4 Å².